The molecule has 118 valence electrons. The molecule has 1 amide bonds. The Morgan fingerprint density at radius 2 is 2.04 bits per heavy atom. The lowest BCUT2D eigenvalue weighted by Crippen LogP contribution is -2.12. The summed E-state index contributed by atoms with van der Waals surface area (Å²) in [6.45, 7) is 0. The highest BCUT2D eigenvalue weighted by atomic mass is 19.1. The Kier molecular flexibility index (Phi) is 3.31. The van der Waals surface area contributed by atoms with Gasteiger partial charge in [0.15, 0.2) is 0 Å². The number of benzene rings is 2. The van der Waals surface area contributed by atoms with Gasteiger partial charge in [0.2, 0.25) is 0 Å². The van der Waals surface area contributed by atoms with Crippen molar-refractivity contribution in [1.82, 2.24) is 20.2 Å². The van der Waals surface area contributed by atoms with E-state index in [0.29, 0.717) is 22.5 Å². The minimum atomic E-state index is -0.392. The average Bonchev–Trinajstić information content (AvgIpc) is 3.23. The molecular weight excluding hydrogens is 309 g/mol. The second kappa shape index (κ2) is 5.62. The molecule has 0 bridgehead atoms. The largest absolute Gasteiger partial charge is 0.345 e. The van der Waals surface area contributed by atoms with Crippen LogP contribution in [-0.4, -0.2) is 26.1 Å². The number of fused-ring (bicyclic) bond motifs is 1. The molecule has 0 fully saturated rings. The van der Waals surface area contributed by atoms with Crippen LogP contribution in [0.3, 0.4) is 0 Å². The lowest BCUT2D eigenvalue weighted by atomic mass is 10.1. The molecule has 7 heteroatoms. The molecule has 0 aliphatic rings. The number of H-pyrrole nitrogens is 2. The number of nitrogens with zero attached hydrogens (tertiary/aromatic N) is 2. The van der Waals surface area contributed by atoms with Gasteiger partial charge in [-0.25, -0.2) is 9.37 Å². The van der Waals surface area contributed by atoms with Crippen LogP contribution in [-0.2, 0) is 0 Å². The molecule has 2 aromatic carbocycles. The van der Waals surface area contributed by atoms with Crippen molar-refractivity contribution in [3.05, 3.63) is 66.4 Å². The van der Waals surface area contributed by atoms with Crippen LogP contribution in [0.25, 0.3) is 22.3 Å². The molecule has 0 spiro atoms. The van der Waals surface area contributed by atoms with Crippen LogP contribution in [0.5, 0.6) is 0 Å². The monoisotopic (exact) mass is 321 g/mol. The van der Waals surface area contributed by atoms with Gasteiger partial charge < -0.3 is 10.3 Å². The predicted octanol–water partition coefficient (Wildman–Crippen LogP) is 3.34. The molecule has 2 aromatic heterocycles. The van der Waals surface area contributed by atoms with Crippen molar-refractivity contribution in [2.24, 2.45) is 0 Å². The lowest BCUT2D eigenvalue weighted by Gasteiger charge is -2.07. The topological polar surface area (TPSA) is 86.5 Å². The van der Waals surface area contributed by atoms with Gasteiger partial charge in [-0.05, 0) is 30.3 Å². The average molecular weight is 321 g/mol. The van der Waals surface area contributed by atoms with Crippen LogP contribution in [0.15, 0.2) is 55.0 Å². The molecule has 24 heavy (non-hydrogen) atoms. The van der Waals surface area contributed by atoms with E-state index in [9.17, 15) is 9.18 Å². The third-order valence-corrected chi connectivity index (χ3v) is 3.71. The number of imidazole rings is 1. The van der Waals surface area contributed by atoms with Gasteiger partial charge in [0.1, 0.15) is 5.82 Å². The van der Waals surface area contributed by atoms with Crippen molar-refractivity contribution >= 4 is 22.6 Å². The molecule has 0 radical (unpaired) electrons. The Bertz CT molecular complexity index is 1040. The van der Waals surface area contributed by atoms with E-state index in [1.165, 1.54) is 12.3 Å². The summed E-state index contributed by atoms with van der Waals surface area (Å²) >= 11 is 0. The molecular formula is C17H12FN5O. The summed E-state index contributed by atoms with van der Waals surface area (Å²) in [6.07, 6.45) is 3.02. The van der Waals surface area contributed by atoms with Crippen LogP contribution in [0, 0.1) is 5.82 Å². The number of hydrogen-bond donors (Lipinski definition) is 3. The normalized spacial score (nSPS) is 10.9. The smallest absolute Gasteiger partial charge is 0.255 e. The summed E-state index contributed by atoms with van der Waals surface area (Å²) in [5.41, 5.74) is 3.19. The van der Waals surface area contributed by atoms with Crippen molar-refractivity contribution in [2.75, 3.05) is 5.32 Å². The minimum absolute atomic E-state index is 0.314. The zero-order valence-electron chi connectivity index (χ0n) is 12.4. The third kappa shape index (κ3) is 2.41. The first-order valence-electron chi connectivity index (χ1n) is 7.25. The van der Waals surface area contributed by atoms with Crippen LogP contribution in [0.1, 0.15) is 10.4 Å². The van der Waals surface area contributed by atoms with Crippen molar-refractivity contribution in [3.8, 4) is 11.3 Å². The fourth-order valence-corrected chi connectivity index (χ4v) is 2.52. The van der Waals surface area contributed by atoms with Gasteiger partial charge in [-0.2, -0.15) is 5.10 Å². The first-order chi connectivity index (χ1) is 11.7. The molecule has 4 rings (SSSR count). The molecule has 6 nitrogen and oxygen atoms in total. The van der Waals surface area contributed by atoms with E-state index in [1.807, 2.05) is 0 Å². The summed E-state index contributed by atoms with van der Waals surface area (Å²) in [4.78, 5) is 19.5. The second-order valence-electron chi connectivity index (χ2n) is 5.23. The zero-order chi connectivity index (χ0) is 16.5. The maximum Gasteiger partial charge on any atom is 0.255 e. The van der Waals surface area contributed by atoms with Gasteiger partial charge >= 0.3 is 0 Å². The first-order valence-corrected chi connectivity index (χ1v) is 7.25. The Morgan fingerprint density at radius 1 is 1.17 bits per heavy atom. The molecule has 0 aliphatic heterocycles. The van der Waals surface area contributed by atoms with Gasteiger partial charge in [-0.1, -0.05) is 12.1 Å². The maximum absolute atomic E-state index is 14.0. The Labute approximate surface area is 135 Å². The predicted molar refractivity (Wildman–Crippen MR) is 88.0 cm³/mol. The third-order valence-electron chi connectivity index (χ3n) is 3.71. The molecule has 0 unspecified atom stereocenters. The van der Waals surface area contributed by atoms with Crippen LogP contribution >= 0.6 is 0 Å². The van der Waals surface area contributed by atoms with Crippen molar-refractivity contribution in [1.29, 1.82) is 0 Å². The van der Waals surface area contributed by atoms with E-state index in [-0.39, 0.29) is 5.91 Å². The summed E-state index contributed by atoms with van der Waals surface area (Å²) in [7, 11) is 0. The second-order valence-corrected chi connectivity index (χ2v) is 5.23. The molecule has 2 heterocycles. The number of aromatic amines is 2. The van der Waals surface area contributed by atoms with Crippen molar-refractivity contribution < 1.29 is 9.18 Å². The van der Waals surface area contributed by atoms with Crippen molar-refractivity contribution in [3.63, 3.8) is 0 Å². The SMILES string of the molecule is O=C(Nc1cn[nH]c1-c1ccccc1F)c1ccc2nc[nH]c2c1. The number of rotatable bonds is 3. The van der Waals surface area contributed by atoms with Crippen LogP contribution < -0.4 is 5.32 Å². The van der Waals surface area contributed by atoms with Gasteiger partial charge in [0, 0.05) is 11.1 Å². The first kappa shape index (κ1) is 14.1. The fourth-order valence-electron chi connectivity index (χ4n) is 2.52. The molecule has 4 aromatic rings. The summed E-state index contributed by atoms with van der Waals surface area (Å²) in [5.74, 6) is -0.707. The van der Waals surface area contributed by atoms with E-state index < -0.39 is 5.82 Å². The van der Waals surface area contributed by atoms with Gasteiger partial charge in [0.25, 0.3) is 5.91 Å². The van der Waals surface area contributed by atoms with E-state index in [0.717, 1.165) is 11.0 Å². The number of halogens is 1. The molecule has 0 aliphatic carbocycles. The summed E-state index contributed by atoms with van der Waals surface area (Å²) in [5, 5.41) is 9.39. The standard InChI is InChI=1S/C17H12FN5O/c18-12-4-2-1-3-11(12)16-15(8-21-23-16)22-17(24)10-5-6-13-14(7-10)20-9-19-13/h1-9H,(H,19,20)(H,21,23)(H,22,24). The number of hydrogen-bond acceptors (Lipinski definition) is 3. The zero-order valence-corrected chi connectivity index (χ0v) is 12.4. The van der Waals surface area contributed by atoms with Gasteiger partial charge in [-0.15, -0.1) is 0 Å². The van der Waals surface area contributed by atoms with Gasteiger partial charge in [-0.3, -0.25) is 9.89 Å². The van der Waals surface area contributed by atoms with E-state index >= 15 is 0 Å². The minimum Gasteiger partial charge on any atom is -0.345 e. The molecule has 3 N–H and O–H groups in total. The molecule has 0 saturated heterocycles. The lowest BCUT2D eigenvalue weighted by molar-refractivity contribution is 0.102. The summed E-state index contributed by atoms with van der Waals surface area (Å²) in [6, 6.07) is 11.4. The Morgan fingerprint density at radius 3 is 2.92 bits per heavy atom. The Balaban J connectivity index is 1.65. The maximum atomic E-state index is 14.0. The van der Waals surface area contributed by atoms with E-state index in [4.69, 9.17) is 0 Å². The number of amides is 1. The van der Waals surface area contributed by atoms with Crippen LogP contribution in [0.2, 0.25) is 0 Å². The number of anilines is 1. The number of carbonyl (C=O) groups excluding carboxylic acids is 1. The quantitative estimate of drug-likeness (QED) is 0.541. The number of nitrogens with one attached hydrogen (secondary N) is 3. The van der Waals surface area contributed by atoms with Crippen LogP contribution in [0.4, 0.5) is 10.1 Å². The van der Waals surface area contributed by atoms with Gasteiger partial charge in [0.05, 0.1) is 34.9 Å². The number of aromatic nitrogens is 4. The van der Waals surface area contributed by atoms with E-state index in [1.54, 1.807) is 42.7 Å². The summed E-state index contributed by atoms with van der Waals surface area (Å²) < 4.78 is 14.0. The van der Waals surface area contributed by atoms with Crippen molar-refractivity contribution in [2.45, 2.75) is 0 Å². The highest BCUT2D eigenvalue weighted by Gasteiger charge is 2.15. The number of carbonyl (C=O) groups is 1. The fraction of sp³-hybridized carbons (Fsp3) is 0. The Hall–Kier alpha value is -3.48. The van der Waals surface area contributed by atoms with E-state index in [2.05, 4.69) is 25.5 Å². The highest BCUT2D eigenvalue weighted by Crippen LogP contribution is 2.28. The molecule has 0 saturated carbocycles. The highest BCUT2D eigenvalue weighted by molar-refractivity contribution is 6.07. The molecule has 0 atom stereocenters.